The van der Waals surface area contributed by atoms with Gasteiger partial charge in [-0.05, 0) is 6.04 Å². The number of nitrogens with one attached hydrogen (secondary N) is 1. The molecule has 1 N–H and O–H groups in total. The summed E-state index contributed by atoms with van der Waals surface area (Å²) in [5.74, 6) is 0. The van der Waals surface area contributed by atoms with Crippen molar-refractivity contribution in [3.63, 3.8) is 0 Å². The molecule has 0 unspecified atom stereocenters. The maximum Gasteiger partial charge on any atom is 0.112 e. The fourth-order valence-electron chi connectivity index (χ4n) is 1.47. The van der Waals surface area contributed by atoms with Gasteiger partial charge in [0, 0.05) is 0 Å². The van der Waals surface area contributed by atoms with E-state index in [1.165, 1.54) is 18.9 Å². The van der Waals surface area contributed by atoms with E-state index in [1.54, 1.807) is 0 Å². The van der Waals surface area contributed by atoms with Gasteiger partial charge >= 0.3 is 0 Å². The quantitative estimate of drug-likeness (QED) is 0.656. The summed E-state index contributed by atoms with van der Waals surface area (Å²) in [5.41, 5.74) is 0. The Kier molecular flexibility index (Phi) is 5.30. The second kappa shape index (κ2) is 5.11. The Hall–Kier alpha value is 0.394. The van der Waals surface area contributed by atoms with Crippen LogP contribution < -0.4 is 4.65 Å². The third-order valence-corrected chi connectivity index (χ3v) is 8.87. The summed E-state index contributed by atoms with van der Waals surface area (Å²) in [6.45, 7) is 11.9. The lowest BCUT2D eigenvalue weighted by Gasteiger charge is -2.25. The van der Waals surface area contributed by atoms with Crippen LogP contribution in [0.25, 0.3) is 0 Å². The fourth-order valence-corrected chi connectivity index (χ4v) is 9.54. The maximum absolute atomic E-state index is 3.83. The molecule has 0 atom stereocenters. The van der Waals surface area contributed by atoms with Crippen LogP contribution in [0.3, 0.4) is 0 Å². The molecule has 3 heteroatoms. The van der Waals surface area contributed by atoms with Gasteiger partial charge in [0.25, 0.3) is 0 Å². The average Bonchev–Trinajstić information content (AvgIpc) is 1.81. The van der Waals surface area contributed by atoms with Crippen molar-refractivity contribution in [1.29, 1.82) is 0 Å². The van der Waals surface area contributed by atoms with Crippen LogP contribution in [0, 0.1) is 0 Å². The highest BCUT2D eigenvalue weighted by Gasteiger charge is 2.20. The second-order valence-corrected chi connectivity index (χ2v) is 12.0. The van der Waals surface area contributed by atoms with Crippen LogP contribution in [0.5, 0.6) is 0 Å². The van der Waals surface area contributed by atoms with Crippen molar-refractivity contribution in [1.82, 2.24) is 4.65 Å². The molecule has 0 saturated heterocycles. The summed E-state index contributed by atoms with van der Waals surface area (Å²) in [7, 11) is -1.50. The van der Waals surface area contributed by atoms with E-state index in [2.05, 4.69) is 37.8 Å². The van der Waals surface area contributed by atoms with E-state index in [0.717, 1.165) is 0 Å². The smallest absolute Gasteiger partial charge is 0.112 e. The lowest BCUT2D eigenvalue weighted by atomic mass is 10.4. The van der Waals surface area contributed by atoms with Crippen molar-refractivity contribution in [2.75, 3.05) is 0 Å². The van der Waals surface area contributed by atoms with Gasteiger partial charge in [-0.25, -0.2) is 0 Å². The second-order valence-electron chi connectivity index (χ2n) is 4.29. The van der Waals surface area contributed by atoms with Gasteiger partial charge in [-0.2, -0.15) is 0 Å². The molecule has 0 aliphatic heterocycles. The number of hydrogen-bond donors (Lipinski definition) is 1. The van der Waals surface area contributed by atoms with Crippen LogP contribution in [-0.2, 0) is 0 Å². The minimum atomic E-state index is -0.976. The zero-order valence-corrected chi connectivity index (χ0v) is 10.9. The summed E-state index contributed by atoms with van der Waals surface area (Å²) >= 11 is 0. The molecule has 68 valence electrons. The van der Waals surface area contributed by atoms with Crippen LogP contribution in [0.1, 0.15) is 19.8 Å². The molecule has 0 spiro atoms. The summed E-state index contributed by atoms with van der Waals surface area (Å²) < 4.78 is 3.83. The highest BCUT2D eigenvalue weighted by molar-refractivity contribution is 6.83. The SMILES string of the molecule is CCCC[Si](C)(C)N[SiH](C)C. The number of unbranched alkanes of at least 4 members (excludes halogenated alkanes) is 1. The Morgan fingerprint density at radius 2 is 1.82 bits per heavy atom. The molecule has 0 aromatic carbocycles. The Bertz CT molecular complexity index is 102. The fraction of sp³-hybridized carbons (Fsp3) is 1.00. The number of hydrogen-bond acceptors (Lipinski definition) is 1. The molecular weight excluding hydrogens is 166 g/mol. The van der Waals surface area contributed by atoms with Crippen LogP contribution in [0.15, 0.2) is 0 Å². The van der Waals surface area contributed by atoms with Crippen molar-refractivity contribution in [2.24, 2.45) is 0 Å². The van der Waals surface area contributed by atoms with Crippen molar-refractivity contribution >= 4 is 17.2 Å². The molecule has 0 rings (SSSR count). The zero-order chi connectivity index (χ0) is 8.91. The Labute approximate surface area is 74.4 Å². The van der Waals surface area contributed by atoms with E-state index in [9.17, 15) is 0 Å². The topological polar surface area (TPSA) is 12.0 Å². The van der Waals surface area contributed by atoms with Gasteiger partial charge in [-0.15, -0.1) is 0 Å². The molecule has 0 amide bonds. The van der Waals surface area contributed by atoms with Crippen molar-refractivity contribution in [3.05, 3.63) is 0 Å². The highest BCUT2D eigenvalue weighted by Crippen LogP contribution is 2.10. The molecule has 0 aromatic heterocycles. The summed E-state index contributed by atoms with van der Waals surface area (Å²) in [4.78, 5) is 0. The summed E-state index contributed by atoms with van der Waals surface area (Å²) in [6.07, 6.45) is 2.76. The Morgan fingerprint density at radius 1 is 1.27 bits per heavy atom. The normalized spacial score (nSPS) is 12.5. The van der Waals surface area contributed by atoms with E-state index < -0.39 is 17.2 Å². The first-order chi connectivity index (χ1) is 4.98. The van der Waals surface area contributed by atoms with Crippen molar-refractivity contribution in [2.45, 2.75) is 52.0 Å². The molecule has 0 aliphatic carbocycles. The monoisotopic (exact) mass is 189 g/mol. The third kappa shape index (κ3) is 6.78. The minimum Gasteiger partial charge on any atom is -0.362 e. The van der Waals surface area contributed by atoms with Gasteiger partial charge in [0.15, 0.2) is 0 Å². The van der Waals surface area contributed by atoms with Crippen LogP contribution >= 0.6 is 0 Å². The molecular formula is C8H23NSi2. The molecule has 0 saturated carbocycles. The van der Waals surface area contributed by atoms with Crippen LogP contribution in [0.4, 0.5) is 0 Å². The van der Waals surface area contributed by atoms with Gasteiger partial charge in [0.05, 0.1) is 8.96 Å². The lowest BCUT2D eigenvalue weighted by molar-refractivity contribution is 0.861. The van der Waals surface area contributed by atoms with Crippen LogP contribution in [0.2, 0.25) is 32.2 Å². The molecule has 0 heterocycles. The van der Waals surface area contributed by atoms with Gasteiger partial charge in [0.2, 0.25) is 0 Å². The van der Waals surface area contributed by atoms with Gasteiger partial charge < -0.3 is 4.65 Å². The van der Waals surface area contributed by atoms with Crippen molar-refractivity contribution < 1.29 is 0 Å². The predicted octanol–water partition coefficient (Wildman–Crippen LogP) is 2.56. The maximum atomic E-state index is 3.83. The predicted molar refractivity (Wildman–Crippen MR) is 59.2 cm³/mol. The van der Waals surface area contributed by atoms with Gasteiger partial charge in [0.1, 0.15) is 8.24 Å². The van der Waals surface area contributed by atoms with E-state index in [0.29, 0.717) is 0 Å². The Morgan fingerprint density at radius 3 is 2.18 bits per heavy atom. The highest BCUT2D eigenvalue weighted by atomic mass is 28.4. The molecule has 0 bridgehead atoms. The first-order valence-corrected chi connectivity index (χ1v) is 10.8. The first-order valence-electron chi connectivity index (χ1n) is 4.75. The summed E-state index contributed by atoms with van der Waals surface area (Å²) in [6, 6.07) is 1.45. The first kappa shape index (κ1) is 11.4. The third-order valence-electron chi connectivity index (χ3n) is 1.83. The lowest BCUT2D eigenvalue weighted by Crippen LogP contribution is -2.50. The Balaban J connectivity index is 3.61. The zero-order valence-electron chi connectivity index (χ0n) is 8.70. The average molecular weight is 189 g/mol. The minimum absolute atomic E-state index is 0.526. The molecule has 1 nitrogen and oxygen atoms in total. The van der Waals surface area contributed by atoms with Crippen LogP contribution in [-0.4, -0.2) is 17.2 Å². The standard InChI is InChI=1S/C8H23NSi2/c1-6-7-8-11(4,5)9-10(2)3/h9-10H,6-8H2,1-5H3. The van der Waals surface area contributed by atoms with E-state index in [-0.39, 0.29) is 0 Å². The van der Waals surface area contributed by atoms with Crippen molar-refractivity contribution in [3.8, 4) is 0 Å². The van der Waals surface area contributed by atoms with Gasteiger partial charge in [-0.3, -0.25) is 0 Å². The molecule has 11 heavy (non-hydrogen) atoms. The summed E-state index contributed by atoms with van der Waals surface area (Å²) in [5, 5.41) is 0. The molecule has 0 radical (unpaired) electrons. The number of rotatable bonds is 5. The van der Waals surface area contributed by atoms with E-state index in [4.69, 9.17) is 0 Å². The van der Waals surface area contributed by atoms with E-state index in [1.807, 2.05) is 0 Å². The molecule has 0 fully saturated rings. The molecule has 0 aromatic rings. The largest absolute Gasteiger partial charge is 0.362 e. The van der Waals surface area contributed by atoms with Gasteiger partial charge in [-0.1, -0.05) is 46.0 Å². The van der Waals surface area contributed by atoms with E-state index >= 15 is 0 Å². The molecule has 0 aliphatic rings.